The van der Waals surface area contributed by atoms with Crippen molar-refractivity contribution in [2.45, 2.75) is 71.6 Å². The molecule has 2 atom stereocenters. The van der Waals surface area contributed by atoms with Crippen molar-refractivity contribution in [1.82, 2.24) is 15.5 Å². The van der Waals surface area contributed by atoms with Gasteiger partial charge in [0.2, 0.25) is 5.91 Å². The molecule has 0 aliphatic carbocycles. The van der Waals surface area contributed by atoms with Gasteiger partial charge in [-0.05, 0) is 65.5 Å². The normalized spacial score (nSPS) is 18.9. The lowest BCUT2D eigenvalue weighted by Gasteiger charge is -2.35. The SMILES string of the molecule is CC(C)N1CCCC(CNC(=O)[C@H](Cc2ccccc2)NC(=O)OC(C)(C)C)C1. The van der Waals surface area contributed by atoms with Crippen LogP contribution in [0.3, 0.4) is 0 Å². The highest BCUT2D eigenvalue weighted by molar-refractivity contribution is 5.86. The predicted octanol–water partition coefficient (Wildman–Crippen LogP) is 3.36. The van der Waals surface area contributed by atoms with E-state index in [-0.39, 0.29) is 5.91 Å². The van der Waals surface area contributed by atoms with E-state index >= 15 is 0 Å². The van der Waals surface area contributed by atoms with E-state index in [1.54, 1.807) is 0 Å². The van der Waals surface area contributed by atoms with E-state index in [1.807, 2.05) is 51.1 Å². The third kappa shape index (κ3) is 8.44. The Labute approximate surface area is 175 Å². The summed E-state index contributed by atoms with van der Waals surface area (Å²) in [5.74, 6) is 0.274. The zero-order chi connectivity index (χ0) is 21.4. The molecule has 2 N–H and O–H groups in total. The Morgan fingerprint density at radius 3 is 2.52 bits per heavy atom. The minimum absolute atomic E-state index is 0.165. The molecule has 1 unspecified atom stereocenters. The van der Waals surface area contributed by atoms with Gasteiger partial charge in [-0.2, -0.15) is 0 Å². The first-order valence-electron chi connectivity index (χ1n) is 10.7. The third-order valence-electron chi connectivity index (χ3n) is 5.14. The number of alkyl carbamates (subject to hydrolysis) is 1. The summed E-state index contributed by atoms with van der Waals surface area (Å²) in [7, 11) is 0. The van der Waals surface area contributed by atoms with E-state index in [4.69, 9.17) is 4.74 Å². The molecule has 6 heteroatoms. The van der Waals surface area contributed by atoms with Gasteiger partial charge < -0.3 is 20.3 Å². The molecular formula is C23H37N3O3. The van der Waals surface area contributed by atoms with Crippen molar-refractivity contribution in [3.63, 3.8) is 0 Å². The minimum Gasteiger partial charge on any atom is -0.444 e. The zero-order valence-corrected chi connectivity index (χ0v) is 18.5. The molecule has 0 saturated carbocycles. The maximum atomic E-state index is 12.9. The monoisotopic (exact) mass is 403 g/mol. The van der Waals surface area contributed by atoms with Gasteiger partial charge in [-0.3, -0.25) is 4.79 Å². The Balaban J connectivity index is 1.97. The quantitative estimate of drug-likeness (QED) is 0.732. The number of likely N-dealkylation sites (tertiary alicyclic amines) is 1. The van der Waals surface area contributed by atoms with Crippen molar-refractivity contribution in [2.24, 2.45) is 5.92 Å². The molecule has 29 heavy (non-hydrogen) atoms. The Bertz CT molecular complexity index is 655. The molecule has 6 nitrogen and oxygen atoms in total. The van der Waals surface area contributed by atoms with Crippen LogP contribution in [0, 0.1) is 5.92 Å². The van der Waals surface area contributed by atoms with Gasteiger partial charge in [0, 0.05) is 25.6 Å². The second-order valence-corrected chi connectivity index (χ2v) is 9.23. The number of hydrogen-bond donors (Lipinski definition) is 2. The fraction of sp³-hybridized carbons (Fsp3) is 0.652. The highest BCUT2D eigenvalue weighted by Gasteiger charge is 2.26. The largest absolute Gasteiger partial charge is 0.444 e. The van der Waals surface area contributed by atoms with Crippen molar-refractivity contribution in [1.29, 1.82) is 0 Å². The van der Waals surface area contributed by atoms with E-state index in [1.165, 1.54) is 0 Å². The van der Waals surface area contributed by atoms with E-state index in [9.17, 15) is 9.59 Å². The van der Waals surface area contributed by atoms with Crippen molar-refractivity contribution in [3.05, 3.63) is 35.9 Å². The van der Waals surface area contributed by atoms with Crippen molar-refractivity contribution in [2.75, 3.05) is 19.6 Å². The Morgan fingerprint density at radius 1 is 1.21 bits per heavy atom. The molecule has 1 fully saturated rings. The van der Waals surface area contributed by atoms with Gasteiger partial charge in [0.25, 0.3) is 0 Å². The zero-order valence-electron chi connectivity index (χ0n) is 18.5. The van der Waals surface area contributed by atoms with Crippen LogP contribution in [-0.2, 0) is 16.0 Å². The molecule has 1 aliphatic rings. The molecule has 0 spiro atoms. The van der Waals surface area contributed by atoms with Gasteiger partial charge in [-0.25, -0.2) is 4.79 Å². The van der Waals surface area contributed by atoms with Gasteiger partial charge >= 0.3 is 6.09 Å². The number of rotatable bonds is 7. The number of carbonyl (C=O) groups is 2. The number of benzene rings is 1. The van der Waals surface area contributed by atoms with E-state index < -0.39 is 17.7 Å². The van der Waals surface area contributed by atoms with E-state index in [0.29, 0.717) is 24.9 Å². The van der Waals surface area contributed by atoms with Crippen LogP contribution in [0.2, 0.25) is 0 Å². The number of carbonyl (C=O) groups excluding carboxylic acids is 2. The second-order valence-electron chi connectivity index (χ2n) is 9.23. The van der Waals surface area contributed by atoms with Crippen LogP contribution >= 0.6 is 0 Å². The van der Waals surface area contributed by atoms with Crippen molar-refractivity contribution >= 4 is 12.0 Å². The molecule has 2 rings (SSSR count). The second kappa shape index (κ2) is 10.6. The standard InChI is InChI=1S/C23H37N3O3/c1-17(2)26-13-9-12-19(16-26)15-24-21(27)20(14-18-10-7-6-8-11-18)25-22(28)29-23(3,4)5/h6-8,10-11,17,19-20H,9,12-16H2,1-5H3,(H,24,27)(H,25,28)/t19?,20-/m0/s1. The summed E-state index contributed by atoms with van der Waals surface area (Å²) in [6, 6.07) is 9.56. The number of ether oxygens (including phenoxy) is 1. The third-order valence-corrected chi connectivity index (χ3v) is 5.14. The summed E-state index contributed by atoms with van der Waals surface area (Å²) in [5.41, 5.74) is 0.382. The number of nitrogens with one attached hydrogen (secondary N) is 2. The lowest BCUT2D eigenvalue weighted by molar-refractivity contribution is -0.123. The number of nitrogens with zero attached hydrogens (tertiary/aromatic N) is 1. The van der Waals surface area contributed by atoms with E-state index in [2.05, 4.69) is 29.4 Å². The van der Waals surface area contributed by atoms with Crippen LogP contribution < -0.4 is 10.6 Å². The highest BCUT2D eigenvalue weighted by Crippen LogP contribution is 2.18. The molecule has 1 aromatic rings. The summed E-state index contributed by atoms with van der Waals surface area (Å²) < 4.78 is 5.35. The van der Waals surface area contributed by atoms with E-state index in [0.717, 1.165) is 31.5 Å². The number of hydrogen-bond acceptors (Lipinski definition) is 4. The highest BCUT2D eigenvalue weighted by atomic mass is 16.6. The summed E-state index contributed by atoms with van der Waals surface area (Å²) in [6.45, 7) is 12.6. The number of amides is 2. The average molecular weight is 404 g/mol. The minimum atomic E-state index is -0.669. The predicted molar refractivity (Wildman–Crippen MR) is 116 cm³/mol. The average Bonchev–Trinajstić information content (AvgIpc) is 2.65. The molecule has 1 heterocycles. The molecule has 0 aromatic heterocycles. The summed E-state index contributed by atoms with van der Waals surface area (Å²) in [5, 5.41) is 5.82. The Hall–Kier alpha value is -2.08. The maximum Gasteiger partial charge on any atom is 0.408 e. The molecule has 162 valence electrons. The fourth-order valence-corrected chi connectivity index (χ4v) is 3.61. The van der Waals surface area contributed by atoms with Crippen LogP contribution in [0.1, 0.15) is 53.0 Å². The maximum absolute atomic E-state index is 12.9. The van der Waals surface area contributed by atoms with Crippen LogP contribution in [0.4, 0.5) is 4.79 Å². The molecule has 1 aliphatic heterocycles. The van der Waals surface area contributed by atoms with Crippen LogP contribution in [0.25, 0.3) is 0 Å². The van der Waals surface area contributed by atoms with Crippen LogP contribution in [-0.4, -0.2) is 54.2 Å². The fourth-order valence-electron chi connectivity index (χ4n) is 3.61. The van der Waals surface area contributed by atoms with Gasteiger partial charge in [0.1, 0.15) is 11.6 Å². The van der Waals surface area contributed by atoms with Crippen molar-refractivity contribution in [3.8, 4) is 0 Å². The Kier molecular flexibility index (Phi) is 8.50. The van der Waals surface area contributed by atoms with Gasteiger partial charge in [0.05, 0.1) is 0 Å². The van der Waals surface area contributed by atoms with Gasteiger partial charge in [-0.15, -0.1) is 0 Å². The molecule has 1 aromatic carbocycles. The smallest absolute Gasteiger partial charge is 0.408 e. The first-order valence-corrected chi connectivity index (χ1v) is 10.7. The molecule has 0 radical (unpaired) electrons. The Morgan fingerprint density at radius 2 is 1.90 bits per heavy atom. The van der Waals surface area contributed by atoms with Gasteiger partial charge in [-0.1, -0.05) is 30.3 Å². The first-order chi connectivity index (χ1) is 13.6. The molecule has 0 bridgehead atoms. The lowest BCUT2D eigenvalue weighted by Crippen LogP contribution is -2.51. The molecular weight excluding hydrogens is 366 g/mol. The summed E-state index contributed by atoms with van der Waals surface area (Å²) in [4.78, 5) is 27.6. The summed E-state index contributed by atoms with van der Waals surface area (Å²) in [6.07, 6.45) is 2.13. The first kappa shape index (κ1) is 23.2. The summed E-state index contributed by atoms with van der Waals surface area (Å²) >= 11 is 0. The lowest BCUT2D eigenvalue weighted by atomic mass is 9.96. The molecule has 1 saturated heterocycles. The van der Waals surface area contributed by atoms with Gasteiger partial charge in [0.15, 0.2) is 0 Å². The van der Waals surface area contributed by atoms with Crippen LogP contribution in [0.5, 0.6) is 0 Å². The molecule has 2 amide bonds. The van der Waals surface area contributed by atoms with Crippen molar-refractivity contribution < 1.29 is 14.3 Å². The van der Waals surface area contributed by atoms with Crippen LogP contribution in [0.15, 0.2) is 30.3 Å². The topological polar surface area (TPSA) is 70.7 Å². The number of piperidine rings is 1.